The van der Waals surface area contributed by atoms with E-state index in [0.29, 0.717) is 12.1 Å². The summed E-state index contributed by atoms with van der Waals surface area (Å²) in [5.41, 5.74) is -4.21. The minimum atomic E-state index is -5.19. The first-order chi connectivity index (χ1) is 10.8. The second-order valence-corrected chi connectivity index (χ2v) is 5.52. The Hall–Kier alpha value is -1.45. The predicted octanol–water partition coefficient (Wildman–Crippen LogP) is 4.37. The first-order valence-corrected chi connectivity index (χ1v) is 6.82. The zero-order valence-corrected chi connectivity index (χ0v) is 12.7. The summed E-state index contributed by atoms with van der Waals surface area (Å²) in [5.74, 6) is -1.16. The molecule has 1 aliphatic heterocycles. The van der Waals surface area contributed by atoms with Gasteiger partial charge in [0.1, 0.15) is 11.1 Å². The van der Waals surface area contributed by atoms with E-state index in [1.165, 1.54) is 0 Å². The molecule has 1 N–H and O–H groups in total. The van der Waals surface area contributed by atoms with Crippen molar-refractivity contribution >= 4 is 29.2 Å². The Labute approximate surface area is 140 Å². The SMILES string of the molecule is O=C1O[C@H]([C@H](O)c2ccc(C(F)(F)F)cc2C(F)(F)F)C(Cl)=C1Cl. The lowest BCUT2D eigenvalue weighted by molar-refractivity contribution is -0.146. The van der Waals surface area contributed by atoms with E-state index >= 15 is 0 Å². The van der Waals surface area contributed by atoms with Crippen LogP contribution in [0.25, 0.3) is 0 Å². The van der Waals surface area contributed by atoms with E-state index in [4.69, 9.17) is 23.2 Å². The van der Waals surface area contributed by atoms with Gasteiger partial charge in [0.25, 0.3) is 0 Å². The molecule has 0 fully saturated rings. The molecule has 0 saturated carbocycles. The van der Waals surface area contributed by atoms with Crippen molar-refractivity contribution in [1.82, 2.24) is 0 Å². The second kappa shape index (κ2) is 6.12. The third-order valence-electron chi connectivity index (χ3n) is 3.16. The number of esters is 1. The monoisotopic (exact) mass is 394 g/mol. The number of hydrogen-bond donors (Lipinski definition) is 1. The van der Waals surface area contributed by atoms with Crippen LogP contribution in [0, 0.1) is 0 Å². The second-order valence-electron chi connectivity index (χ2n) is 4.73. The summed E-state index contributed by atoms with van der Waals surface area (Å²) in [6.07, 6.45) is -14.1. The molecule has 0 aromatic heterocycles. The van der Waals surface area contributed by atoms with Crippen LogP contribution in [-0.4, -0.2) is 17.2 Å². The first kappa shape index (κ1) is 18.9. The molecule has 0 saturated heterocycles. The molecular formula is C13H6Cl2F6O3. The number of benzene rings is 1. The van der Waals surface area contributed by atoms with Crippen molar-refractivity contribution in [2.24, 2.45) is 0 Å². The molecule has 0 radical (unpaired) electrons. The summed E-state index contributed by atoms with van der Waals surface area (Å²) in [4.78, 5) is 11.2. The van der Waals surface area contributed by atoms with Gasteiger partial charge in [-0.15, -0.1) is 0 Å². The lowest BCUT2D eigenvalue weighted by atomic mass is 9.96. The highest BCUT2D eigenvalue weighted by molar-refractivity contribution is 6.48. The largest absolute Gasteiger partial charge is 0.449 e. The van der Waals surface area contributed by atoms with Crippen molar-refractivity contribution in [3.8, 4) is 0 Å². The summed E-state index contributed by atoms with van der Waals surface area (Å²) in [7, 11) is 0. The van der Waals surface area contributed by atoms with E-state index in [1.54, 1.807) is 0 Å². The highest BCUT2D eigenvalue weighted by Gasteiger charge is 2.43. The topological polar surface area (TPSA) is 46.5 Å². The summed E-state index contributed by atoms with van der Waals surface area (Å²) < 4.78 is 81.5. The van der Waals surface area contributed by atoms with Gasteiger partial charge in [0, 0.05) is 0 Å². The van der Waals surface area contributed by atoms with Crippen LogP contribution >= 0.6 is 23.2 Å². The highest BCUT2D eigenvalue weighted by atomic mass is 35.5. The molecular weight excluding hydrogens is 389 g/mol. The zero-order valence-electron chi connectivity index (χ0n) is 11.2. The van der Waals surface area contributed by atoms with Crippen LogP contribution in [0.2, 0.25) is 0 Å². The lowest BCUT2D eigenvalue weighted by Gasteiger charge is -2.23. The van der Waals surface area contributed by atoms with Gasteiger partial charge in [0.15, 0.2) is 6.10 Å². The van der Waals surface area contributed by atoms with Crippen LogP contribution in [0.3, 0.4) is 0 Å². The fourth-order valence-corrected chi connectivity index (χ4v) is 2.44. The molecule has 0 unspecified atom stereocenters. The van der Waals surface area contributed by atoms with Crippen LogP contribution in [-0.2, 0) is 21.9 Å². The third kappa shape index (κ3) is 3.47. The van der Waals surface area contributed by atoms with E-state index in [-0.39, 0.29) is 6.07 Å². The summed E-state index contributed by atoms with van der Waals surface area (Å²) in [5, 5.41) is 8.86. The van der Waals surface area contributed by atoms with Crippen LogP contribution in [0.5, 0.6) is 0 Å². The van der Waals surface area contributed by atoms with Crippen molar-refractivity contribution in [1.29, 1.82) is 0 Å². The Morgan fingerprint density at radius 3 is 2.08 bits per heavy atom. The van der Waals surface area contributed by atoms with Crippen molar-refractivity contribution < 1.29 is 41.0 Å². The standard InChI is InChI=1S/C13H6Cl2F6O3/c14-7-8(15)11(23)24-10(7)9(22)5-2-1-4(12(16,17)18)3-6(5)13(19,20)21/h1-3,9-10,22H/t9-,10+/m1/s1. The number of alkyl halides is 6. The van der Waals surface area contributed by atoms with Gasteiger partial charge >= 0.3 is 18.3 Å². The van der Waals surface area contributed by atoms with E-state index in [2.05, 4.69) is 4.74 Å². The maximum absolute atomic E-state index is 13.1. The van der Waals surface area contributed by atoms with E-state index in [9.17, 15) is 36.2 Å². The third-order valence-corrected chi connectivity index (χ3v) is 4.02. The molecule has 1 aromatic rings. The number of rotatable bonds is 2. The number of carbonyl (C=O) groups is 1. The number of aliphatic hydroxyl groups excluding tert-OH is 1. The van der Waals surface area contributed by atoms with Gasteiger partial charge in [0.2, 0.25) is 0 Å². The van der Waals surface area contributed by atoms with Crippen LogP contribution in [0.15, 0.2) is 28.3 Å². The number of hydrogen-bond acceptors (Lipinski definition) is 3. The average molecular weight is 395 g/mol. The molecule has 1 heterocycles. The van der Waals surface area contributed by atoms with Gasteiger partial charge in [-0.1, -0.05) is 29.3 Å². The lowest BCUT2D eigenvalue weighted by Crippen LogP contribution is -2.24. The smallest absolute Gasteiger partial charge is 0.416 e. The van der Waals surface area contributed by atoms with Gasteiger partial charge in [-0.3, -0.25) is 0 Å². The molecule has 0 aliphatic carbocycles. The Kier molecular flexibility index (Phi) is 4.82. The van der Waals surface area contributed by atoms with Gasteiger partial charge in [-0.05, 0) is 17.7 Å². The van der Waals surface area contributed by atoms with Gasteiger partial charge < -0.3 is 9.84 Å². The van der Waals surface area contributed by atoms with Crippen LogP contribution in [0.1, 0.15) is 22.8 Å². The number of ether oxygens (including phenoxy) is 1. The quantitative estimate of drug-likeness (QED) is 0.598. The number of cyclic esters (lactones) is 1. The molecule has 0 bridgehead atoms. The summed E-state index contributed by atoms with van der Waals surface area (Å²) >= 11 is 11.1. The Morgan fingerprint density at radius 1 is 1.08 bits per heavy atom. The van der Waals surface area contributed by atoms with Gasteiger partial charge in [-0.2, -0.15) is 26.3 Å². The summed E-state index contributed by atoms with van der Waals surface area (Å²) in [6, 6.07) is 0.666. The van der Waals surface area contributed by atoms with Crippen molar-refractivity contribution in [3.63, 3.8) is 0 Å². The molecule has 2 rings (SSSR count). The maximum Gasteiger partial charge on any atom is 0.416 e. The molecule has 0 spiro atoms. The number of aliphatic hydroxyl groups is 1. The molecule has 1 aliphatic rings. The Balaban J connectivity index is 2.52. The molecule has 0 amide bonds. The van der Waals surface area contributed by atoms with Gasteiger partial charge in [0.05, 0.1) is 16.2 Å². The molecule has 132 valence electrons. The minimum Gasteiger partial charge on any atom is -0.449 e. The first-order valence-electron chi connectivity index (χ1n) is 6.06. The van der Waals surface area contributed by atoms with E-state index in [1.807, 2.05) is 0 Å². The van der Waals surface area contributed by atoms with Crippen LogP contribution < -0.4 is 0 Å². The van der Waals surface area contributed by atoms with Crippen molar-refractivity contribution in [3.05, 3.63) is 45.0 Å². The fraction of sp³-hybridized carbons (Fsp3) is 0.308. The average Bonchev–Trinajstić information content (AvgIpc) is 2.71. The molecule has 24 heavy (non-hydrogen) atoms. The van der Waals surface area contributed by atoms with Crippen molar-refractivity contribution in [2.45, 2.75) is 24.6 Å². The zero-order chi connectivity index (χ0) is 18.4. The number of carbonyl (C=O) groups excluding carboxylic acids is 1. The number of halogens is 8. The molecule has 2 atom stereocenters. The minimum absolute atomic E-state index is 0.144. The fourth-order valence-electron chi connectivity index (χ4n) is 2.04. The highest BCUT2D eigenvalue weighted by Crippen LogP contribution is 2.43. The van der Waals surface area contributed by atoms with Crippen LogP contribution in [0.4, 0.5) is 26.3 Å². The Morgan fingerprint density at radius 2 is 1.67 bits per heavy atom. The van der Waals surface area contributed by atoms with E-state index in [0.717, 1.165) is 0 Å². The predicted molar refractivity (Wildman–Crippen MR) is 70.0 cm³/mol. The van der Waals surface area contributed by atoms with E-state index < -0.39 is 57.3 Å². The molecule has 1 aromatic carbocycles. The Bertz CT molecular complexity index is 711. The van der Waals surface area contributed by atoms with Crippen molar-refractivity contribution in [2.75, 3.05) is 0 Å². The normalized spacial score (nSPS) is 20.4. The molecule has 11 heteroatoms. The summed E-state index contributed by atoms with van der Waals surface area (Å²) in [6.45, 7) is 0. The maximum atomic E-state index is 13.1. The van der Waals surface area contributed by atoms with Gasteiger partial charge in [-0.25, -0.2) is 4.79 Å². The molecule has 3 nitrogen and oxygen atoms in total.